The van der Waals surface area contributed by atoms with E-state index >= 15 is 0 Å². The van der Waals surface area contributed by atoms with Gasteiger partial charge in [-0.2, -0.15) is 0 Å². The van der Waals surface area contributed by atoms with Crippen molar-refractivity contribution in [1.29, 1.82) is 0 Å². The summed E-state index contributed by atoms with van der Waals surface area (Å²) in [7, 11) is 0. The molecule has 0 aromatic carbocycles. The van der Waals surface area contributed by atoms with Crippen molar-refractivity contribution in [2.75, 3.05) is 85.9 Å². The number of hydrogen-bond acceptors (Lipinski definition) is 36. The van der Waals surface area contributed by atoms with Gasteiger partial charge in [0, 0.05) is 0 Å². The molecule has 456 valence electrons. The molecule has 7 aliphatic heterocycles. The van der Waals surface area contributed by atoms with Crippen LogP contribution in [0, 0.1) is 0 Å². The second kappa shape index (κ2) is 25.0. The number of rotatable bonds is 25. The predicted octanol–water partition coefficient (Wildman–Crippen LogP) is -16.3. The molecule has 0 unspecified atom stereocenters. The molecule has 7 saturated heterocycles. The van der Waals surface area contributed by atoms with E-state index in [2.05, 4.69) is 0 Å². The average molecular weight is 1150 g/mol. The number of hydrogen-bond donors (Lipinski definition) is 23. The Morgan fingerprint density at radius 3 is 0.833 bits per heavy atom. The molecule has 0 amide bonds. The Morgan fingerprint density at radius 1 is 0.269 bits per heavy atom. The summed E-state index contributed by atoms with van der Waals surface area (Å²) in [6.45, 7) is -14.9. The van der Waals surface area contributed by atoms with E-state index in [1.165, 1.54) is 0 Å². The zero-order valence-electron chi connectivity index (χ0n) is 41.1. The van der Waals surface area contributed by atoms with Gasteiger partial charge in [0.2, 0.25) is 34.7 Å². The molecule has 78 heavy (non-hydrogen) atoms. The minimum atomic E-state index is -3.01. The van der Waals surface area contributed by atoms with Gasteiger partial charge < -0.3 is 179 Å². The summed E-state index contributed by atoms with van der Waals surface area (Å²) in [6.07, 6.45) is -46.9. The van der Waals surface area contributed by atoms with E-state index in [0.717, 1.165) is 0 Å². The second-order valence-corrected chi connectivity index (χ2v) is 19.9. The van der Waals surface area contributed by atoms with Crippen LogP contribution < -0.4 is 0 Å². The predicted molar refractivity (Wildman–Crippen MR) is 232 cm³/mol. The van der Waals surface area contributed by atoms with Crippen LogP contribution in [0.3, 0.4) is 0 Å². The van der Waals surface area contributed by atoms with E-state index in [-0.39, 0.29) is 0 Å². The van der Waals surface area contributed by atoms with E-state index in [9.17, 15) is 117 Å². The molecule has 0 bridgehead atoms. The highest BCUT2D eigenvalue weighted by Crippen LogP contribution is 2.45. The maximum atomic E-state index is 11.7. The molecule has 0 saturated carbocycles. The van der Waals surface area contributed by atoms with Crippen molar-refractivity contribution in [2.24, 2.45) is 0 Å². The van der Waals surface area contributed by atoms with E-state index < -0.39 is 261 Å². The highest BCUT2D eigenvalue weighted by molar-refractivity contribution is 5.06. The molecular weight excluding hydrogens is 1080 g/mol. The number of aliphatic hydroxyl groups excluding tert-OH is 23. The molecule has 29 atom stereocenters. The Labute approximate surface area is 439 Å². The normalized spacial score (nSPS) is 52.6. The van der Waals surface area contributed by atoms with Crippen LogP contribution in [-0.4, -0.2) is 379 Å². The molecule has 0 radical (unpaired) electrons. The summed E-state index contributed by atoms with van der Waals surface area (Å²) < 4.78 is 74.2. The summed E-state index contributed by atoms with van der Waals surface area (Å²) >= 11 is 0. The molecular formula is C42H72O36. The van der Waals surface area contributed by atoms with Gasteiger partial charge in [-0.05, 0) is 0 Å². The van der Waals surface area contributed by atoms with Crippen LogP contribution in [0.4, 0.5) is 0 Å². The van der Waals surface area contributed by atoms with Crippen molar-refractivity contribution < 1.29 is 179 Å². The quantitative estimate of drug-likeness (QED) is 0.0404. The number of aliphatic hydroxyl groups is 23. The molecule has 0 spiro atoms. The largest absolute Gasteiger partial charge is 0.394 e. The van der Waals surface area contributed by atoms with Crippen LogP contribution in [0.15, 0.2) is 0 Å². The Kier molecular flexibility index (Phi) is 20.6. The minimum absolute atomic E-state index is 0.860. The minimum Gasteiger partial charge on any atom is -0.394 e. The summed E-state index contributed by atoms with van der Waals surface area (Å²) in [5, 5.41) is 246. The fraction of sp³-hybridized carbons (Fsp3) is 1.00. The molecule has 0 aliphatic carbocycles. The van der Waals surface area contributed by atoms with Crippen molar-refractivity contribution in [2.45, 2.75) is 175 Å². The molecule has 7 rings (SSSR count). The van der Waals surface area contributed by atoms with Gasteiger partial charge in [0.15, 0.2) is 6.29 Å². The van der Waals surface area contributed by atoms with Crippen LogP contribution in [-0.2, 0) is 61.6 Å². The molecule has 23 N–H and O–H groups in total. The van der Waals surface area contributed by atoms with Gasteiger partial charge in [0.25, 0.3) is 0 Å². The molecule has 36 nitrogen and oxygen atoms in total. The topological polar surface area (TPSA) is 585 Å². The lowest BCUT2D eigenvalue weighted by atomic mass is 9.98. The third kappa shape index (κ3) is 11.2. The van der Waals surface area contributed by atoms with Gasteiger partial charge in [-0.1, -0.05) is 0 Å². The first kappa shape index (κ1) is 64.1. The lowest BCUT2D eigenvalue weighted by molar-refractivity contribution is -0.409. The van der Waals surface area contributed by atoms with Crippen LogP contribution in [0.2, 0.25) is 0 Å². The molecule has 36 heteroatoms. The van der Waals surface area contributed by atoms with Crippen molar-refractivity contribution in [3.8, 4) is 0 Å². The molecule has 7 aliphatic rings. The SMILES string of the molecule is OC[C@H]1O[C@@](CO)(OC[C@H]2O[C@H](O[C@]3(CO[C@]4(CO[C@]5(CO[C@]6(CO[C@]7(CO)O[C@H](CO)[C@@H](O)[C@@H]7O)O[C@H](CO)[C@@H](O)[C@@H]6O)O[C@H](CO)[C@@H](O)[C@@H]5O)O[C@H](CO)[C@@H](O)[C@@H]4O)O[C@H](CO)[C@@H](O)[C@@H]3O)[C@H](O)[C@@H](O)[C@@H]2O)[C@@H](O)[C@@H]1O. The number of ether oxygens (including phenoxy) is 13. The monoisotopic (exact) mass is 1150 g/mol. The Balaban J connectivity index is 1.18. The smallest absolute Gasteiger partial charge is 0.224 e. The van der Waals surface area contributed by atoms with Gasteiger partial charge in [-0.25, -0.2) is 0 Å². The van der Waals surface area contributed by atoms with E-state index in [1.807, 2.05) is 0 Å². The van der Waals surface area contributed by atoms with Gasteiger partial charge in [0.05, 0.1) is 46.2 Å². The zero-order valence-corrected chi connectivity index (χ0v) is 41.1. The van der Waals surface area contributed by atoms with Crippen molar-refractivity contribution in [1.82, 2.24) is 0 Å². The molecule has 0 aromatic heterocycles. The lowest BCUT2D eigenvalue weighted by Crippen LogP contribution is -2.64. The third-order valence-electron chi connectivity index (χ3n) is 15.1. The molecule has 7 fully saturated rings. The van der Waals surface area contributed by atoms with Crippen molar-refractivity contribution in [3.63, 3.8) is 0 Å². The van der Waals surface area contributed by atoms with Gasteiger partial charge in [0.1, 0.15) is 174 Å². The van der Waals surface area contributed by atoms with Gasteiger partial charge in [-0.3, -0.25) is 0 Å². The van der Waals surface area contributed by atoms with Gasteiger partial charge >= 0.3 is 0 Å². The summed E-state index contributed by atoms with van der Waals surface area (Å²) in [5.41, 5.74) is 0. The zero-order chi connectivity index (χ0) is 57.7. The van der Waals surface area contributed by atoms with Crippen LogP contribution >= 0.6 is 0 Å². The highest BCUT2D eigenvalue weighted by atomic mass is 16.8. The first-order chi connectivity index (χ1) is 36.8. The lowest BCUT2D eigenvalue weighted by Gasteiger charge is -2.45. The summed E-state index contributed by atoms with van der Waals surface area (Å²) in [4.78, 5) is 0. The van der Waals surface area contributed by atoms with Crippen LogP contribution in [0.1, 0.15) is 0 Å². The van der Waals surface area contributed by atoms with Crippen molar-refractivity contribution in [3.05, 3.63) is 0 Å². The van der Waals surface area contributed by atoms with Crippen LogP contribution in [0.25, 0.3) is 0 Å². The Bertz CT molecular complexity index is 1920. The summed E-state index contributed by atoms with van der Waals surface area (Å²) in [6, 6.07) is 0. The first-order valence-corrected chi connectivity index (χ1v) is 24.5. The fourth-order valence-electron chi connectivity index (χ4n) is 10.2. The maximum absolute atomic E-state index is 11.7. The molecule has 0 aromatic rings. The highest BCUT2D eigenvalue weighted by Gasteiger charge is 2.67. The first-order valence-electron chi connectivity index (χ1n) is 24.5. The third-order valence-corrected chi connectivity index (χ3v) is 15.1. The van der Waals surface area contributed by atoms with E-state index in [4.69, 9.17) is 61.6 Å². The second-order valence-electron chi connectivity index (χ2n) is 19.9. The average Bonchev–Trinajstić information content (AvgIpc) is 4.19. The maximum Gasteiger partial charge on any atom is 0.224 e. The van der Waals surface area contributed by atoms with Crippen molar-refractivity contribution >= 4 is 0 Å². The van der Waals surface area contributed by atoms with E-state index in [0.29, 0.717) is 0 Å². The Morgan fingerprint density at radius 2 is 0.526 bits per heavy atom. The Hall–Kier alpha value is -1.44. The van der Waals surface area contributed by atoms with Crippen LogP contribution in [0.5, 0.6) is 0 Å². The van der Waals surface area contributed by atoms with E-state index in [1.54, 1.807) is 0 Å². The molecule has 7 heterocycles. The standard InChI is InChI=1S/C42H72O36/c43-1-14-22(52)30(60)37(8-49,72-14)66-7-20-21(51)28(58)29(59)36(71-20)78-42(35(65)27(57)19(6-48)77-42)13-70-41(34(64)26(56)18(5-47)76-41)12-69-40(33(63)25(55)17(4-46)75-40)11-68-39(32(62)24(54)16(3-45)74-39)10-67-38(9-50)31(61)23(53)15(2-44)73-38/h14-36,43-65H,1-13H2/t14-,15-,16-,17-,18-,19-,20-,21-,22-,23-,24-,25-,26-,27-,28+,29-,30+,31+,32+,33+,34+,35+,36-,37-,38-,39-,40-,41-,42+/m1/s1. The fourth-order valence-corrected chi connectivity index (χ4v) is 10.2. The van der Waals surface area contributed by atoms with Gasteiger partial charge in [-0.15, -0.1) is 0 Å². The summed E-state index contributed by atoms with van der Waals surface area (Å²) in [5.74, 6) is -16.9.